The molecule has 2 nitrogen and oxygen atoms in total. The highest BCUT2D eigenvalue weighted by atomic mass is 32.2. The second-order valence-corrected chi connectivity index (χ2v) is 5.89. The first kappa shape index (κ1) is 12.2. The molecule has 1 rings (SSSR count). The van der Waals surface area contributed by atoms with Gasteiger partial charge in [0.05, 0.1) is 0 Å². The zero-order valence-electron chi connectivity index (χ0n) is 9.26. The molecule has 0 aromatic rings. The van der Waals surface area contributed by atoms with Crippen LogP contribution in [0.25, 0.3) is 0 Å². The van der Waals surface area contributed by atoms with E-state index in [9.17, 15) is 4.21 Å². The maximum atomic E-state index is 10.8. The maximum Gasteiger partial charge on any atom is 0.0244 e. The van der Waals surface area contributed by atoms with Gasteiger partial charge in [0.15, 0.2) is 0 Å². The molecule has 1 saturated carbocycles. The quantitative estimate of drug-likeness (QED) is 0.689. The van der Waals surface area contributed by atoms with Crippen molar-refractivity contribution >= 4 is 10.8 Å². The van der Waals surface area contributed by atoms with Gasteiger partial charge in [0.25, 0.3) is 0 Å². The zero-order chi connectivity index (χ0) is 10.2. The van der Waals surface area contributed by atoms with E-state index in [4.69, 9.17) is 0 Å². The molecule has 0 aromatic heterocycles. The van der Waals surface area contributed by atoms with Crippen LogP contribution in [0.4, 0.5) is 0 Å². The summed E-state index contributed by atoms with van der Waals surface area (Å²) in [6, 6.07) is 0. The molecule has 1 aliphatic carbocycles. The van der Waals surface area contributed by atoms with Gasteiger partial charge in [-0.05, 0) is 38.3 Å². The van der Waals surface area contributed by atoms with E-state index in [1.54, 1.807) is 6.26 Å². The average molecular weight is 217 g/mol. The molecule has 0 amide bonds. The van der Waals surface area contributed by atoms with Crippen molar-refractivity contribution in [2.75, 3.05) is 25.1 Å². The molecule has 1 unspecified atom stereocenters. The lowest BCUT2D eigenvalue weighted by Gasteiger charge is -2.21. The SMILES string of the molecule is CS(=O)CCCNCC1CCCCC1. The van der Waals surface area contributed by atoms with Crippen molar-refractivity contribution in [1.29, 1.82) is 0 Å². The summed E-state index contributed by atoms with van der Waals surface area (Å²) in [6.45, 7) is 2.21. The Morgan fingerprint density at radius 1 is 1.29 bits per heavy atom. The molecule has 1 fully saturated rings. The van der Waals surface area contributed by atoms with Gasteiger partial charge in [-0.1, -0.05) is 19.3 Å². The number of hydrogen-bond acceptors (Lipinski definition) is 2. The summed E-state index contributed by atoms with van der Waals surface area (Å²) in [6.07, 6.45) is 9.93. The van der Waals surface area contributed by atoms with Gasteiger partial charge in [-0.15, -0.1) is 0 Å². The molecule has 1 N–H and O–H groups in total. The van der Waals surface area contributed by atoms with Crippen LogP contribution >= 0.6 is 0 Å². The lowest BCUT2D eigenvalue weighted by Crippen LogP contribution is -2.26. The highest BCUT2D eigenvalue weighted by molar-refractivity contribution is 7.84. The van der Waals surface area contributed by atoms with Crippen LogP contribution < -0.4 is 5.32 Å². The third-order valence-corrected chi connectivity index (χ3v) is 3.81. The molecular weight excluding hydrogens is 194 g/mol. The Morgan fingerprint density at radius 3 is 2.64 bits per heavy atom. The third kappa shape index (κ3) is 5.76. The molecule has 84 valence electrons. The van der Waals surface area contributed by atoms with Crippen LogP contribution in [0.3, 0.4) is 0 Å². The minimum Gasteiger partial charge on any atom is -0.316 e. The van der Waals surface area contributed by atoms with Crippen LogP contribution in [0.1, 0.15) is 38.5 Å². The van der Waals surface area contributed by atoms with E-state index >= 15 is 0 Å². The Bertz CT molecular complexity index is 167. The van der Waals surface area contributed by atoms with Crippen LogP contribution in [-0.2, 0) is 10.8 Å². The Balaban J connectivity index is 1.90. The minimum absolute atomic E-state index is 0.614. The molecule has 0 aromatic carbocycles. The second-order valence-electron chi connectivity index (χ2n) is 4.34. The Labute approximate surface area is 90.3 Å². The zero-order valence-corrected chi connectivity index (χ0v) is 10.1. The molecule has 0 aliphatic heterocycles. The predicted octanol–water partition coefficient (Wildman–Crippen LogP) is 1.92. The summed E-state index contributed by atoms with van der Waals surface area (Å²) < 4.78 is 10.8. The van der Waals surface area contributed by atoms with Gasteiger partial charge in [0.2, 0.25) is 0 Å². The molecular formula is C11H23NOS. The van der Waals surface area contributed by atoms with Gasteiger partial charge in [0.1, 0.15) is 0 Å². The van der Waals surface area contributed by atoms with Crippen LogP contribution in [0.15, 0.2) is 0 Å². The van der Waals surface area contributed by atoms with Gasteiger partial charge in [-0.2, -0.15) is 0 Å². The van der Waals surface area contributed by atoms with Crippen molar-refractivity contribution in [1.82, 2.24) is 5.32 Å². The summed E-state index contributed by atoms with van der Waals surface area (Å²) in [4.78, 5) is 0. The molecule has 3 heteroatoms. The monoisotopic (exact) mass is 217 g/mol. The fourth-order valence-corrected chi connectivity index (χ4v) is 2.65. The smallest absolute Gasteiger partial charge is 0.0244 e. The van der Waals surface area contributed by atoms with Crippen LogP contribution in [0.2, 0.25) is 0 Å². The van der Waals surface area contributed by atoms with E-state index < -0.39 is 10.8 Å². The van der Waals surface area contributed by atoms with Crippen molar-refractivity contribution in [3.8, 4) is 0 Å². The second kappa shape index (κ2) is 7.41. The van der Waals surface area contributed by atoms with Gasteiger partial charge in [0, 0.05) is 22.8 Å². The highest BCUT2D eigenvalue weighted by Gasteiger charge is 2.12. The third-order valence-electron chi connectivity index (χ3n) is 2.94. The van der Waals surface area contributed by atoms with Crippen LogP contribution in [0.5, 0.6) is 0 Å². The van der Waals surface area contributed by atoms with E-state index in [0.29, 0.717) is 0 Å². The first-order valence-electron chi connectivity index (χ1n) is 5.80. The number of nitrogens with one attached hydrogen (secondary N) is 1. The Kier molecular flexibility index (Phi) is 6.45. The lowest BCUT2D eigenvalue weighted by atomic mass is 9.89. The fourth-order valence-electron chi connectivity index (χ4n) is 2.10. The molecule has 0 radical (unpaired) electrons. The van der Waals surface area contributed by atoms with Crippen molar-refractivity contribution in [3.63, 3.8) is 0 Å². The molecule has 1 aliphatic rings. The van der Waals surface area contributed by atoms with E-state index in [-0.39, 0.29) is 0 Å². The van der Waals surface area contributed by atoms with Gasteiger partial charge >= 0.3 is 0 Å². The lowest BCUT2D eigenvalue weighted by molar-refractivity contribution is 0.343. The summed E-state index contributed by atoms with van der Waals surface area (Å²) in [5.41, 5.74) is 0. The number of hydrogen-bond donors (Lipinski definition) is 1. The van der Waals surface area contributed by atoms with Crippen molar-refractivity contribution in [3.05, 3.63) is 0 Å². The van der Waals surface area contributed by atoms with Gasteiger partial charge < -0.3 is 5.32 Å². The summed E-state index contributed by atoms with van der Waals surface area (Å²) >= 11 is 0. The topological polar surface area (TPSA) is 29.1 Å². The van der Waals surface area contributed by atoms with Crippen LogP contribution in [0, 0.1) is 5.92 Å². The largest absolute Gasteiger partial charge is 0.316 e. The van der Waals surface area contributed by atoms with Crippen molar-refractivity contribution in [2.24, 2.45) is 5.92 Å². The Hall–Kier alpha value is 0.110. The summed E-state index contributed by atoms with van der Waals surface area (Å²) in [7, 11) is -0.614. The van der Waals surface area contributed by atoms with Crippen molar-refractivity contribution < 1.29 is 4.21 Å². The molecule has 0 bridgehead atoms. The molecule has 0 saturated heterocycles. The molecule has 1 atom stereocenters. The van der Waals surface area contributed by atoms with E-state index in [0.717, 1.165) is 24.6 Å². The van der Waals surface area contributed by atoms with Crippen molar-refractivity contribution in [2.45, 2.75) is 38.5 Å². The Morgan fingerprint density at radius 2 is 2.00 bits per heavy atom. The first-order chi connectivity index (χ1) is 6.79. The standard InChI is InChI=1S/C11H23NOS/c1-14(13)9-5-8-12-10-11-6-3-2-4-7-11/h11-12H,2-10H2,1H3. The first-order valence-corrected chi connectivity index (χ1v) is 7.52. The van der Waals surface area contributed by atoms with E-state index in [1.165, 1.54) is 38.6 Å². The molecule has 0 heterocycles. The highest BCUT2D eigenvalue weighted by Crippen LogP contribution is 2.22. The molecule has 0 spiro atoms. The summed E-state index contributed by atoms with van der Waals surface area (Å²) in [5.74, 6) is 1.76. The van der Waals surface area contributed by atoms with E-state index in [1.807, 2.05) is 0 Å². The summed E-state index contributed by atoms with van der Waals surface area (Å²) in [5, 5.41) is 3.48. The van der Waals surface area contributed by atoms with Gasteiger partial charge in [-0.25, -0.2) is 0 Å². The predicted molar refractivity (Wildman–Crippen MR) is 63.0 cm³/mol. The van der Waals surface area contributed by atoms with E-state index in [2.05, 4.69) is 5.32 Å². The minimum atomic E-state index is -0.614. The molecule has 14 heavy (non-hydrogen) atoms. The maximum absolute atomic E-state index is 10.8. The fraction of sp³-hybridized carbons (Fsp3) is 1.00. The van der Waals surface area contributed by atoms with Gasteiger partial charge in [-0.3, -0.25) is 4.21 Å². The number of rotatable bonds is 6. The van der Waals surface area contributed by atoms with Crippen LogP contribution in [-0.4, -0.2) is 29.3 Å². The normalized spacial score (nSPS) is 20.9. The average Bonchev–Trinajstić information content (AvgIpc) is 2.18.